The lowest BCUT2D eigenvalue weighted by molar-refractivity contribution is 0.484. The fourth-order valence-electron chi connectivity index (χ4n) is 1.91. The first-order valence-corrected chi connectivity index (χ1v) is 7.90. The molecule has 0 saturated carbocycles. The van der Waals surface area contributed by atoms with Crippen LogP contribution < -0.4 is 0 Å². The van der Waals surface area contributed by atoms with Gasteiger partial charge < -0.3 is 4.98 Å². The molecule has 0 atom stereocenters. The number of aryl methyl sites for hydroxylation is 1. The molecule has 3 rings (SSSR count). The van der Waals surface area contributed by atoms with Crippen LogP contribution in [0.1, 0.15) is 12.7 Å². The third-order valence-electron chi connectivity index (χ3n) is 2.92. The lowest BCUT2D eigenvalue weighted by Crippen LogP contribution is -1.98. The van der Waals surface area contributed by atoms with Crippen molar-refractivity contribution in [3.63, 3.8) is 0 Å². The van der Waals surface area contributed by atoms with Gasteiger partial charge in [-0.25, -0.2) is 4.98 Å². The van der Waals surface area contributed by atoms with Crippen LogP contribution in [0.15, 0.2) is 59.8 Å². The highest BCUT2D eigenvalue weighted by Gasteiger charge is 2.12. The van der Waals surface area contributed by atoms with Gasteiger partial charge in [0.15, 0.2) is 0 Å². The summed E-state index contributed by atoms with van der Waals surface area (Å²) in [5.41, 5.74) is 0. The van der Waals surface area contributed by atoms with E-state index in [1.165, 1.54) is 6.07 Å². The van der Waals surface area contributed by atoms with Gasteiger partial charge in [0.1, 0.15) is 10.7 Å². The van der Waals surface area contributed by atoms with Crippen molar-refractivity contribution in [2.45, 2.75) is 18.2 Å². The predicted octanol–water partition coefficient (Wildman–Crippen LogP) is 3.06. The Hall–Kier alpha value is -2.18. The van der Waals surface area contributed by atoms with Crippen molar-refractivity contribution in [2.24, 2.45) is 0 Å². The maximum Gasteiger partial charge on any atom is 0.295 e. The zero-order valence-corrected chi connectivity index (χ0v) is 12.3. The van der Waals surface area contributed by atoms with Crippen LogP contribution in [0.3, 0.4) is 0 Å². The number of aromatic amines is 1. The molecule has 1 heterocycles. The van der Waals surface area contributed by atoms with Gasteiger partial charge >= 0.3 is 0 Å². The third-order valence-corrected chi connectivity index (χ3v) is 3.83. The molecule has 5 nitrogen and oxygen atoms in total. The number of imidazole rings is 1. The van der Waals surface area contributed by atoms with Gasteiger partial charge in [-0.15, -0.1) is 0 Å². The van der Waals surface area contributed by atoms with Gasteiger partial charge in [0.25, 0.3) is 10.1 Å². The summed E-state index contributed by atoms with van der Waals surface area (Å²) in [6.45, 7) is 2.07. The molecule has 0 aliphatic heterocycles. The normalized spacial score (nSPS) is 11.0. The zero-order valence-electron chi connectivity index (χ0n) is 11.5. The Bertz CT molecular complexity index is 807. The summed E-state index contributed by atoms with van der Waals surface area (Å²) in [5.74, 6) is 1.06. The smallest absolute Gasteiger partial charge is 0.295 e. The second-order valence-corrected chi connectivity index (χ2v) is 5.73. The number of benzene rings is 2. The Labute approximate surface area is 123 Å². The van der Waals surface area contributed by atoms with E-state index in [1.54, 1.807) is 36.5 Å². The zero-order chi connectivity index (χ0) is 15.3. The number of aromatic nitrogens is 2. The van der Waals surface area contributed by atoms with E-state index < -0.39 is 10.1 Å². The van der Waals surface area contributed by atoms with Crippen LogP contribution in [0.4, 0.5) is 0 Å². The Morgan fingerprint density at radius 3 is 2.43 bits per heavy atom. The summed E-state index contributed by atoms with van der Waals surface area (Å²) < 4.78 is 31.0. The molecule has 0 unspecified atom stereocenters. The standard InChI is InChI=1S/C10H8O3S.C5H8N2/c11-14(12,13)10-7-3-5-8-4-1-2-6-9(8)10;1-2-5-6-3-4-7-5/h1-7H,(H,11,12,13);3-4H,2H2,1H3,(H,6,7). The average molecular weight is 304 g/mol. The van der Waals surface area contributed by atoms with E-state index in [2.05, 4.69) is 16.9 Å². The molecule has 0 radical (unpaired) electrons. The van der Waals surface area contributed by atoms with Crippen LogP contribution in [0, 0.1) is 0 Å². The van der Waals surface area contributed by atoms with E-state index in [-0.39, 0.29) is 4.90 Å². The quantitative estimate of drug-likeness (QED) is 0.713. The molecule has 2 aromatic carbocycles. The Morgan fingerprint density at radius 1 is 1.14 bits per heavy atom. The number of hydrogen-bond acceptors (Lipinski definition) is 3. The number of hydrogen-bond donors (Lipinski definition) is 2. The minimum Gasteiger partial charge on any atom is -0.349 e. The average Bonchev–Trinajstić information content (AvgIpc) is 3.00. The molecule has 0 fully saturated rings. The molecule has 2 N–H and O–H groups in total. The van der Waals surface area contributed by atoms with Gasteiger partial charge in [-0.3, -0.25) is 4.55 Å². The first-order chi connectivity index (χ1) is 10.0. The fourth-order valence-corrected chi connectivity index (χ4v) is 2.63. The van der Waals surface area contributed by atoms with E-state index in [1.807, 2.05) is 12.3 Å². The van der Waals surface area contributed by atoms with Crippen molar-refractivity contribution in [2.75, 3.05) is 0 Å². The second-order valence-electron chi connectivity index (χ2n) is 4.34. The molecule has 1 aromatic heterocycles. The van der Waals surface area contributed by atoms with Gasteiger partial charge in [-0.1, -0.05) is 43.3 Å². The van der Waals surface area contributed by atoms with Crippen LogP contribution in [0.2, 0.25) is 0 Å². The Kier molecular flexibility index (Phi) is 4.72. The van der Waals surface area contributed by atoms with Crippen LogP contribution in [-0.4, -0.2) is 22.9 Å². The van der Waals surface area contributed by atoms with Gasteiger partial charge in [0, 0.05) is 24.2 Å². The van der Waals surface area contributed by atoms with Gasteiger partial charge in [0.2, 0.25) is 0 Å². The maximum absolute atomic E-state index is 11.0. The molecule has 21 heavy (non-hydrogen) atoms. The van der Waals surface area contributed by atoms with E-state index >= 15 is 0 Å². The summed E-state index contributed by atoms with van der Waals surface area (Å²) in [6.07, 6.45) is 4.59. The van der Waals surface area contributed by atoms with Crippen molar-refractivity contribution in [1.29, 1.82) is 0 Å². The van der Waals surface area contributed by atoms with E-state index in [9.17, 15) is 8.42 Å². The first kappa shape index (κ1) is 15.2. The van der Waals surface area contributed by atoms with Crippen LogP contribution in [0.25, 0.3) is 10.8 Å². The molecule has 0 bridgehead atoms. The number of H-pyrrole nitrogens is 1. The molecule has 0 spiro atoms. The molecule has 0 saturated heterocycles. The van der Waals surface area contributed by atoms with Gasteiger partial charge in [-0.05, 0) is 11.5 Å². The Morgan fingerprint density at radius 2 is 1.86 bits per heavy atom. The van der Waals surface area contributed by atoms with Crippen LogP contribution in [-0.2, 0) is 16.5 Å². The maximum atomic E-state index is 11.0. The van der Waals surface area contributed by atoms with Gasteiger partial charge in [0.05, 0.1) is 0 Å². The monoisotopic (exact) mass is 304 g/mol. The van der Waals surface area contributed by atoms with E-state index in [4.69, 9.17) is 4.55 Å². The molecule has 6 heteroatoms. The van der Waals surface area contributed by atoms with Crippen molar-refractivity contribution >= 4 is 20.9 Å². The summed E-state index contributed by atoms with van der Waals surface area (Å²) in [5, 5.41) is 1.33. The van der Waals surface area contributed by atoms with E-state index in [0.29, 0.717) is 5.39 Å². The molecule has 0 aliphatic rings. The molecule has 110 valence electrons. The minimum absolute atomic E-state index is 0.0457. The summed E-state index contributed by atoms with van der Waals surface area (Å²) in [4.78, 5) is 6.91. The molecule has 0 aliphatic carbocycles. The van der Waals surface area contributed by atoms with Crippen molar-refractivity contribution in [3.05, 3.63) is 60.7 Å². The number of nitrogens with one attached hydrogen (secondary N) is 1. The second kappa shape index (κ2) is 6.51. The summed E-state index contributed by atoms with van der Waals surface area (Å²) >= 11 is 0. The van der Waals surface area contributed by atoms with Crippen LogP contribution >= 0.6 is 0 Å². The Balaban J connectivity index is 0.000000194. The van der Waals surface area contributed by atoms with Crippen molar-refractivity contribution in [1.82, 2.24) is 9.97 Å². The topological polar surface area (TPSA) is 83.0 Å². The van der Waals surface area contributed by atoms with E-state index in [0.717, 1.165) is 17.6 Å². The molecule has 3 aromatic rings. The summed E-state index contributed by atoms with van der Waals surface area (Å²) in [6, 6.07) is 11.8. The first-order valence-electron chi connectivity index (χ1n) is 6.46. The SMILES string of the molecule is CCc1ncc[nH]1.O=S(=O)(O)c1cccc2ccccc12. The van der Waals surface area contributed by atoms with Crippen molar-refractivity contribution in [3.8, 4) is 0 Å². The third kappa shape index (κ3) is 3.90. The molecule has 0 amide bonds. The van der Waals surface area contributed by atoms with Crippen LogP contribution in [0.5, 0.6) is 0 Å². The highest BCUT2D eigenvalue weighted by atomic mass is 32.2. The molecular weight excluding hydrogens is 288 g/mol. The highest BCUT2D eigenvalue weighted by Crippen LogP contribution is 2.21. The largest absolute Gasteiger partial charge is 0.349 e. The number of nitrogens with zero attached hydrogens (tertiary/aromatic N) is 1. The fraction of sp³-hybridized carbons (Fsp3) is 0.133. The predicted molar refractivity (Wildman–Crippen MR) is 81.7 cm³/mol. The lowest BCUT2D eigenvalue weighted by atomic mass is 10.1. The molecular formula is C15H16N2O3S. The number of rotatable bonds is 2. The summed E-state index contributed by atoms with van der Waals surface area (Å²) in [7, 11) is -4.13. The number of fused-ring (bicyclic) bond motifs is 1. The van der Waals surface area contributed by atoms with Gasteiger partial charge in [-0.2, -0.15) is 8.42 Å². The van der Waals surface area contributed by atoms with Crippen molar-refractivity contribution < 1.29 is 13.0 Å². The lowest BCUT2D eigenvalue weighted by Gasteiger charge is -2.02. The highest BCUT2D eigenvalue weighted by molar-refractivity contribution is 7.86. The minimum atomic E-state index is -4.13.